The molecular weight excluding hydrogens is 138 g/mol. The first-order chi connectivity index (χ1) is 5.29. The molecule has 2 nitrogen and oxygen atoms in total. The maximum absolute atomic E-state index is 5.30. The average molecular weight is 151 g/mol. The van der Waals surface area contributed by atoms with Gasteiger partial charge in [-0.25, -0.2) is 0 Å². The summed E-state index contributed by atoms with van der Waals surface area (Å²) in [6.45, 7) is 4.25. The molecule has 0 spiro atoms. The zero-order chi connectivity index (χ0) is 7.84. The van der Waals surface area contributed by atoms with Gasteiger partial charge in [-0.2, -0.15) is 0 Å². The molecule has 0 N–H and O–H groups in total. The number of hydrogen-bond donors (Lipinski definition) is 0. The summed E-state index contributed by atoms with van der Waals surface area (Å²) in [6, 6.07) is 0. The maximum Gasteiger partial charge on any atom is 0.156 e. The van der Waals surface area contributed by atoms with E-state index in [1.807, 2.05) is 6.92 Å². The molecule has 60 valence electrons. The van der Waals surface area contributed by atoms with Crippen LogP contribution in [0, 0.1) is 5.92 Å². The number of hydrogen-bond acceptors (Lipinski definition) is 2. The molecule has 1 heterocycles. The second-order valence-electron chi connectivity index (χ2n) is 3.42. The van der Waals surface area contributed by atoms with Crippen molar-refractivity contribution in [2.24, 2.45) is 11.1 Å². The molecule has 0 radical (unpaired) electrons. The van der Waals surface area contributed by atoms with Gasteiger partial charge in [-0.15, -0.1) is 0 Å². The van der Waals surface area contributed by atoms with Gasteiger partial charge in [0.1, 0.15) is 0 Å². The fraction of sp³-hybridized carbons (Fsp3) is 0.667. The van der Waals surface area contributed by atoms with Crippen LogP contribution in [0.1, 0.15) is 26.7 Å². The highest BCUT2D eigenvalue weighted by Gasteiger charge is 2.31. The number of oxime groups is 1. The van der Waals surface area contributed by atoms with Crippen LogP contribution >= 0.6 is 0 Å². The SMILES string of the molecule is CC1=NOC2C1=CCCC2C. The molecule has 0 fully saturated rings. The lowest BCUT2D eigenvalue weighted by Crippen LogP contribution is -2.23. The second kappa shape index (κ2) is 2.36. The summed E-state index contributed by atoms with van der Waals surface area (Å²) >= 11 is 0. The molecule has 0 saturated heterocycles. The predicted octanol–water partition coefficient (Wildman–Crippen LogP) is 2.12. The third-order valence-electron chi connectivity index (χ3n) is 2.53. The van der Waals surface area contributed by atoms with Crippen molar-refractivity contribution in [1.29, 1.82) is 0 Å². The standard InChI is InChI=1S/C9H13NO/c1-6-4-3-5-8-7(2)10-11-9(6)8/h5-6,9H,3-4H2,1-2H3. The van der Waals surface area contributed by atoms with Crippen molar-refractivity contribution < 1.29 is 4.84 Å². The van der Waals surface area contributed by atoms with E-state index in [4.69, 9.17) is 4.84 Å². The Balaban J connectivity index is 2.27. The Bertz CT molecular complexity index is 230. The molecule has 2 atom stereocenters. The van der Waals surface area contributed by atoms with Crippen LogP contribution in [0.15, 0.2) is 16.8 Å². The minimum atomic E-state index is 0.267. The van der Waals surface area contributed by atoms with Crippen molar-refractivity contribution in [3.63, 3.8) is 0 Å². The van der Waals surface area contributed by atoms with E-state index in [1.165, 1.54) is 18.4 Å². The van der Waals surface area contributed by atoms with E-state index in [0.717, 1.165) is 5.71 Å². The average Bonchev–Trinajstić information content (AvgIpc) is 2.35. The lowest BCUT2D eigenvalue weighted by Gasteiger charge is -2.22. The van der Waals surface area contributed by atoms with E-state index < -0.39 is 0 Å². The fourth-order valence-corrected chi connectivity index (χ4v) is 1.78. The largest absolute Gasteiger partial charge is 0.387 e. The van der Waals surface area contributed by atoms with Crippen molar-refractivity contribution in [2.75, 3.05) is 0 Å². The van der Waals surface area contributed by atoms with Gasteiger partial charge < -0.3 is 4.84 Å². The van der Waals surface area contributed by atoms with E-state index in [1.54, 1.807) is 0 Å². The van der Waals surface area contributed by atoms with E-state index in [9.17, 15) is 0 Å². The Morgan fingerprint density at radius 2 is 2.45 bits per heavy atom. The van der Waals surface area contributed by atoms with Crippen LogP contribution in [0.25, 0.3) is 0 Å². The minimum absolute atomic E-state index is 0.267. The molecule has 0 saturated carbocycles. The van der Waals surface area contributed by atoms with E-state index >= 15 is 0 Å². The number of rotatable bonds is 0. The summed E-state index contributed by atoms with van der Waals surface area (Å²) in [5.74, 6) is 0.635. The summed E-state index contributed by atoms with van der Waals surface area (Å²) < 4.78 is 0. The summed E-state index contributed by atoms with van der Waals surface area (Å²) in [5, 5.41) is 3.98. The third kappa shape index (κ3) is 0.971. The lowest BCUT2D eigenvalue weighted by atomic mass is 9.86. The summed E-state index contributed by atoms with van der Waals surface area (Å²) in [4.78, 5) is 5.30. The Kier molecular flexibility index (Phi) is 1.48. The topological polar surface area (TPSA) is 21.6 Å². The van der Waals surface area contributed by atoms with Crippen molar-refractivity contribution in [3.8, 4) is 0 Å². The molecule has 2 unspecified atom stereocenters. The van der Waals surface area contributed by atoms with Gasteiger partial charge in [0.25, 0.3) is 0 Å². The van der Waals surface area contributed by atoms with Gasteiger partial charge >= 0.3 is 0 Å². The molecule has 2 heteroatoms. The summed E-state index contributed by atoms with van der Waals surface area (Å²) in [6.07, 6.45) is 4.94. The summed E-state index contributed by atoms with van der Waals surface area (Å²) in [5.41, 5.74) is 2.39. The number of fused-ring (bicyclic) bond motifs is 1. The molecule has 0 amide bonds. The van der Waals surface area contributed by atoms with Gasteiger partial charge in [-0.3, -0.25) is 0 Å². The van der Waals surface area contributed by atoms with Crippen LogP contribution in [0.4, 0.5) is 0 Å². The molecule has 0 aromatic carbocycles. The zero-order valence-corrected chi connectivity index (χ0v) is 7.00. The predicted molar refractivity (Wildman–Crippen MR) is 44.5 cm³/mol. The number of nitrogens with zero attached hydrogens (tertiary/aromatic N) is 1. The second-order valence-corrected chi connectivity index (χ2v) is 3.42. The molecule has 0 aromatic rings. The molecule has 0 bridgehead atoms. The molecular formula is C9H13NO. The van der Waals surface area contributed by atoms with Gasteiger partial charge in [0, 0.05) is 11.5 Å². The normalized spacial score (nSPS) is 35.5. The van der Waals surface area contributed by atoms with Crippen LogP contribution < -0.4 is 0 Å². The minimum Gasteiger partial charge on any atom is -0.387 e. The Hall–Kier alpha value is -0.790. The van der Waals surface area contributed by atoms with Gasteiger partial charge in [-0.1, -0.05) is 18.2 Å². The van der Waals surface area contributed by atoms with Crippen LogP contribution in [0.2, 0.25) is 0 Å². The van der Waals surface area contributed by atoms with Gasteiger partial charge in [0.15, 0.2) is 6.10 Å². The lowest BCUT2D eigenvalue weighted by molar-refractivity contribution is 0.0593. The van der Waals surface area contributed by atoms with E-state index in [0.29, 0.717) is 5.92 Å². The third-order valence-corrected chi connectivity index (χ3v) is 2.53. The zero-order valence-electron chi connectivity index (χ0n) is 7.00. The Morgan fingerprint density at radius 3 is 3.18 bits per heavy atom. The van der Waals surface area contributed by atoms with Crippen LogP contribution in [-0.4, -0.2) is 11.8 Å². The first-order valence-electron chi connectivity index (χ1n) is 4.20. The summed E-state index contributed by atoms with van der Waals surface area (Å²) in [7, 11) is 0. The molecule has 1 aliphatic carbocycles. The van der Waals surface area contributed by atoms with Gasteiger partial charge in [-0.05, 0) is 19.8 Å². The molecule has 0 aromatic heterocycles. The van der Waals surface area contributed by atoms with Crippen molar-refractivity contribution in [3.05, 3.63) is 11.6 Å². The fourth-order valence-electron chi connectivity index (χ4n) is 1.78. The maximum atomic E-state index is 5.30. The highest BCUT2D eigenvalue weighted by atomic mass is 16.6. The Morgan fingerprint density at radius 1 is 1.64 bits per heavy atom. The van der Waals surface area contributed by atoms with Crippen LogP contribution in [-0.2, 0) is 4.84 Å². The van der Waals surface area contributed by atoms with E-state index in [-0.39, 0.29) is 6.10 Å². The van der Waals surface area contributed by atoms with Crippen molar-refractivity contribution in [1.82, 2.24) is 0 Å². The smallest absolute Gasteiger partial charge is 0.156 e. The first kappa shape index (κ1) is 6.89. The molecule has 2 aliphatic rings. The van der Waals surface area contributed by atoms with Crippen molar-refractivity contribution >= 4 is 5.71 Å². The highest BCUT2D eigenvalue weighted by Crippen LogP contribution is 2.31. The Labute approximate surface area is 66.9 Å². The molecule has 1 aliphatic heterocycles. The van der Waals surface area contributed by atoms with Crippen molar-refractivity contribution in [2.45, 2.75) is 32.8 Å². The monoisotopic (exact) mass is 151 g/mol. The van der Waals surface area contributed by atoms with Gasteiger partial charge in [0.05, 0.1) is 5.71 Å². The number of allylic oxidation sites excluding steroid dienone is 1. The molecule has 11 heavy (non-hydrogen) atoms. The quantitative estimate of drug-likeness (QED) is 0.519. The van der Waals surface area contributed by atoms with E-state index in [2.05, 4.69) is 18.2 Å². The molecule has 2 rings (SSSR count). The van der Waals surface area contributed by atoms with Crippen LogP contribution in [0.3, 0.4) is 0 Å². The first-order valence-corrected chi connectivity index (χ1v) is 4.20. The van der Waals surface area contributed by atoms with Crippen LogP contribution in [0.5, 0.6) is 0 Å². The highest BCUT2D eigenvalue weighted by molar-refractivity contribution is 6.00. The van der Waals surface area contributed by atoms with Gasteiger partial charge in [0.2, 0.25) is 0 Å².